The number of nitrogens with one attached hydrogen (secondary N) is 1. The molecular weight excluding hydrogens is 268 g/mol. The van der Waals surface area contributed by atoms with Crippen LogP contribution in [0.1, 0.15) is 13.8 Å². The van der Waals surface area contributed by atoms with E-state index in [4.69, 9.17) is 0 Å². The molecule has 0 bridgehead atoms. The fourth-order valence-electron chi connectivity index (χ4n) is 2.20. The first kappa shape index (κ1) is 15.3. The predicted octanol–water partition coefficient (Wildman–Crippen LogP) is 0.502. The molecule has 0 aliphatic carbocycles. The van der Waals surface area contributed by atoms with Crippen LogP contribution in [0.15, 0.2) is 24.4 Å². The van der Waals surface area contributed by atoms with Crippen LogP contribution in [-0.4, -0.2) is 54.4 Å². The highest BCUT2D eigenvalue weighted by Gasteiger charge is 2.26. The van der Waals surface area contributed by atoms with E-state index in [0.29, 0.717) is 38.6 Å². The van der Waals surface area contributed by atoms with Gasteiger partial charge in [-0.15, -0.1) is 0 Å². The lowest BCUT2D eigenvalue weighted by molar-refractivity contribution is -0.146. The van der Waals surface area contributed by atoms with Crippen molar-refractivity contribution in [2.45, 2.75) is 13.8 Å². The highest BCUT2D eigenvalue weighted by molar-refractivity contribution is 6.35. The Morgan fingerprint density at radius 3 is 2.52 bits per heavy atom. The molecule has 2 rings (SSSR count). The molecule has 6 heteroatoms. The van der Waals surface area contributed by atoms with Crippen molar-refractivity contribution < 1.29 is 9.59 Å². The van der Waals surface area contributed by atoms with Gasteiger partial charge in [-0.25, -0.2) is 4.98 Å². The number of carbonyl (C=O) groups excluding carboxylic acids is 2. The number of carbonyl (C=O) groups is 2. The second-order valence-electron chi connectivity index (χ2n) is 5.57. The zero-order valence-electron chi connectivity index (χ0n) is 12.6. The summed E-state index contributed by atoms with van der Waals surface area (Å²) >= 11 is 0. The van der Waals surface area contributed by atoms with Gasteiger partial charge in [0.15, 0.2) is 0 Å². The Morgan fingerprint density at radius 1 is 1.24 bits per heavy atom. The minimum Gasteiger partial charge on any atom is -0.353 e. The summed E-state index contributed by atoms with van der Waals surface area (Å²) in [5.41, 5.74) is 0. The van der Waals surface area contributed by atoms with Crippen LogP contribution in [0.2, 0.25) is 0 Å². The summed E-state index contributed by atoms with van der Waals surface area (Å²) in [6.45, 7) is 7.00. The van der Waals surface area contributed by atoms with Crippen LogP contribution < -0.4 is 10.2 Å². The molecule has 2 amide bonds. The number of amides is 2. The minimum atomic E-state index is -0.505. The smallest absolute Gasteiger partial charge is 0.312 e. The monoisotopic (exact) mass is 290 g/mol. The molecule has 1 N–H and O–H groups in total. The number of rotatable bonds is 3. The Balaban J connectivity index is 1.83. The quantitative estimate of drug-likeness (QED) is 0.824. The minimum absolute atomic E-state index is 0.336. The fourth-order valence-corrected chi connectivity index (χ4v) is 2.20. The summed E-state index contributed by atoms with van der Waals surface area (Å²) in [6.07, 6.45) is 1.76. The molecule has 0 spiro atoms. The Kier molecular flexibility index (Phi) is 5.14. The molecule has 1 saturated heterocycles. The molecule has 0 unspecified atom stereocenters. The van der Waals surface area contributed by atoms with Gasteiger partial charge in [0, 0.05) is 38.9 Å². The van der Waals surface area contributed by atoms with Crippen LogP contribution in [0.5, 0.6) is 0 Å². The van der Waals surface area contributed by atoms with Crippen LogP contribution in [0, 0.1) is 5.92 Å². The van der Waals surface area contributed by atoms with Gasteiger partial charge in [0.1, 0.15) is 5.82 Å². The van der Waals surface area contributed by atoms with E-state index in [9.17, 15) is 9.59 Å². The fraction of sp³-hybridized carbons (Fsp3) is 0.533. The SMILES string of the molecule is CC(C)CNC(=O)C(=O)N1CCN(c2ccccn2)CC1. The van der Waals surface area contributed by atoms with E-state index >= 15 is 0 Å². The molecule has 6 nitrogen and oxygen atoms in total. The van der Waals surface area contributed by atoms with Crippen molar-refractivity contribution in [2.24, 2.45) is 5.92 Å². The second kappa shape index (κ2) is 7.06. The maximum atomic E-state index is 12.0. The first-order valence-electron chi connectivity index (χ1n) is 7.31. The highest BCUT2D eigenvalue weighted by atomic mass is 16.2. The largest absolute Gasteiger partial charge is 0.353 e. The highest BCUT2D eigenvalue weighted by Crippen LogP contribution is 2.12. The van der Waals surface area contributed by atoms with E-state index in [1.54, 1.807) is 11.1 Å². The number of piperazine rings is 1. The van der Waals surface area contributed by atoms with E-state index in [-0.39, 0.29) is 0 Å². The van der Waals surface area contributed by atoms with Gasteiger partial charge in [0.2, 0.25) is 0 Å². The molecule has 1 aliphatic rings. The summed E-state index contributed by atoms with van der Waals surface area (Å²) in [5, 5.41) is 2.67. The Morgan fingerprint density at radius 2 is 1.95 bits per heavy atom. The lowest BCUT2D eigenvalue weighted by Gasteiger charge is -2.35. The van der Waals surface area contributed by atoms with Gasteiger partial charge in [-0.1, -0.05) is 19.9 Å². The van der Waals surface area contributed by atoms with E-state index in [2.05, 4.69) is 15.2 Å². The van der Waals surface area contributed by atoms with Crippen molar-refractivity contribution in [3.05, 3.63) is 24.4 Å². The van der Waals surface area contributed by atoms with Crippen molar-refractivity contribution in [2.75, 3.05) is 37.6 Å². The van der Waals surface area contributed by atoms with E-state index in [0.717, 1.165) is 5.82 Å². The van der Waals surface area contributed by atoms with Crippen LogP contribution in [-0.2, 0) is 9.59 Å². The van der Waals surface area contributed by atoms with Crippen LogP contribution in [0.4, 0.5) is 5.82 Å². The van der Waals surface area contributed by atoms with Crippen molar-refractivity contribution >= 4 is 17.6 Å². The normalized spacial score (nSPS) is 15.2. The molecule has 1 aliphatic heterocycles. The van der Waals surface area contributed by atoms with Crippen molar-refractivity contribution in [1.82, 2.24) is 15.2 Å². The van der Waals surface area contributed by atoms with Crippen molar-refractivity contribution in [3.8, 4) is 0 Å². The number of anilines is 1. The summed E-state index contributed by atoms with van der Waals surface area (Å²) in [7, 11) is 0. The predicted molar refractivity (Wildman–Crippen MR) is 80.9 cm³/mol. The third-order valence-electron chi connectivity index (χ3n) is 3.41. The standard InChI is InChI=1S/C15H22N4O2/c1-12(2)11-17-14(20)15(21)19-9-7-18(8-10-19)13-5-3-4-6-16-13/h3-6,12H,7-11H2,1-2H3,(H,17,20). The molecule has 114 valence electrons. The molecule has 0 saturated carbocycles. The van der Waals surface area contributed by atoms with E-state index < -0.39 is 11.8 Å². The molecule has 1 fully saturated rings. The van der Waals surface area contributed by atoms with Crippen molar-refractivity contribution in [1.29, 1.82) is 0 Å². The summed E-state index contributed by atoms with van der Waals surface area (Å²) in [5.74, 6) is 0.308. The van der Waals surface area contributed by atoms with Gasteiger partial charge in [0.25, 0.3) is 0 Å². The van der Waals surface area contributed by atoms with Gasteiger partial charge in [-0.3, -0.25) is 9.59 Å². The zero-order valence-corrected chi connectivity index (χ0v) is 12.6. The number of aromatic nitrogens is 1. The Bertz CT molecular complexity index is 482. The van der Waals surface area contributed by atoms with Gasteiger partial charge in [0.05, 0.1) is 0 Å². The van der Waals surface area contributed by atoms with E-state index in [1.807, 2.05) is 32.0 Å². The van der Waals surface area contributed by atoms with Gasteiger partial charge in [-0.2, -0.15) is 0 Å². The zero-order chi connectivity index (χ0) is 15.2. The molecule has 21 heavy (non-hydrogen) atoms. The maximum absolute atomic E-state index is 12.0. The molecule has 0 atom stereocenters. The molecule has 0 aromatic carbocycles. The lowest BCUT2D eigenvalue weighted by atomic mass is 10.2. The van der Waals surface area contributed by atoms with E-state index in [1.165, 1.54) is 0 Å². The summed E-state index contributed by atoms with van der Waals surface area (Å²) in [4.78, 5) is 31.8. The number of hydrogen-bond donors (Lipinski definition) is 1. The Labute approximate surface area is 125 Å². The third kappa shape index (κ3) is 4.18. The first-order chi connectivity index (χ1) is 10.1. The van der Waals surface area contributed by atoms with Crippen LogP contribution in [0.3, 0.4) is 0 Å². The number of pyridine rings is 1. The number of nitrogens with zero attached hydrogens (tertiary/aromatic N) is 3. The van der Waals surface area contributed by atoms with Crippen LogP contribution in [0.25, 0.3) is 0 Å². The van der Waals surface area contributed by atoms with Gasteiger partial charge in [-0.05, 0) is 18.1 Å². The summed E-state index contributed by atoms with van der Waals surface area (Å²) < 4.78 is 0. The van der Waals surface area contributed by atoms with Gasteiger partial charge < -0.3 is 15.1 Å². The summed E-state index contributed by atoms with van der Waals surface area (Å²) in [6, 6.07) is 5.77. The average Bonchev–Trinajstić information content (AvgIpc) is 2.53. The lowest BCUT2D eigenvalue weighted by Crippen LogP contribution is -2.53. The van der Waals surface area contributed by atoms with Crippen LogP contribution >= 0.6 is 0 Å². The molecule has 1 aromatic rings. The van der Waals surface area contributed by atoms with Crippen molar-refractivity contribution in [3.63, 3.8) is 0 Å². The molecule has 1 aromatic heterocycles. The third-order valence-corrected chi connectivity index (χ3v) is 3.41. The van der Waals surface area contributed by atoms with Gasteiger partial charge >= 0.3 is 11.8 Å². The maximum Gasteiger partial charge on any atom is 0.312 e. The average molecular weight is 290 g/mol. The second-order valence-corrected chi connectivity index (χ2v) is 5.57. The molecule has 0 radical (unpaired) electrons. The number of hydrogen-bond acceptors (Lipinski definition) is 4. The Hall–Kier alpha value is -2.11. The topological polar surface area (TPSA) is 65.5 Å². The molecular formula is C15H22N4O2. The first-order valence-corrected chi connectivity index (χ1v) is 7.31. The molecule has 2 heterocycles.